The Morgan fingerprint density at radius 3 is 2.50 bits per heavy atom. The second-order valence-electron chi connectivity index (χ2n) is 4.13. The Bertz CT molecular complexity index is 349. The van der Waals surface area contributed by atoms with Crippen molar-refractivity contribution in [3.8, 4) is 0 Å². The molecule has 1 N–H and O–H groups in total. The van der Waals surface area contributed by atoms with Gasteiger partial charge >= 0.3 is 0 Å². The van der Waals surface area contributed by atoms with Crippen molar-refractivity contribution in [2.45, 2.75) is 25.8 Å². The number of rotatable bonds is 3. The molecule has 0 aliphatic carbocycles. The smallest absolute Gasteiger partial charge is 0.159 e. The van der Waals surface area contributed by atoms with Gasteiger partial charge in [-0.2, -0.15) is 0 Å². The summed E-state index contributed by atoms with van der Waals surface area (Å²) in [5.74, 6) is -1.57. The van der Waals surface area contributed by atoms with E-state index in [0.29, 0.717) is 6.54 Å². The molecule has 2 rings (SSSR count). The molecule has 0 unspecified atom stereocenters. The predicted molar refractivity (Wildman–Crippen MR) is 58.6 cm³/mol. The van der Waals surface area contributed by atoms with E-state index in [1.165, 1.54) is 31.4 Å². The van der Waals surface area contributed by atoms with Crippen molar-refractivity contribution in [2.24, 2.45) is 0 Å². The Balaban J connectivity index is 1.86. The summed E-state index contributed by atoms with van der Waals surface area (Å²) in [6.07, 6.45) is 3.68. The minimum atomic E-state index is -0.790. The van der Waals surface area contributed by atoms with E-state index in [-0.39, 0.29) is 0 Å². The van der Waals surface area contributed by atoms with Gasteiger partial charge in [0, 0.05) is 19.6 Å². The number of benzene rings is 1. The minimum absolute atomic E-state index is 0.553. The Labute approximate surface area is 94.2 Å². The van der Waals surface area contributed by atoms with Crippen molar-refractivity contribution in [2.75, 3.05) is 13.1 Å². The first-order chi connectivity index (χ1) is 7.75. The quantitative estimate of drug-likeness (QED) is 0.851. The van der Waals surface area contributed by atoms with E-state index in [1.807, 2.05) is 0 Å². The van der Waals surface area contributed by atoms with Crippen molar-refractivity contribution in [3.05, 3.63) is 35.4 Å². The van der Waals surface area contributed by atoms with E-state index in [9.17, 15) is 8.78 Å². The molecule has 16 heavy (non-hydrogen) atoms. The second kappa shape index (κ2) is 5.37. The van der Waals surface area contributed by atoms with E-state index in [0.717, 1.165) is 18.7 Å². The van der Waals surface area contributed by atoms with Gasteiger partial charge in [-0.15, -0.1) is 0 Å². The summed E-state index contributed by atoms with van der Waals surface area (Å²) in [5.41, 5.74) is 4.00. The highest BCUT2D eigenvalue weighted by molar-refractivity contribution is 5.17. The van der Waals surface area contributed by atoms with Gasteiger partial charge in [0.15, 0.2) is 11.6 Å². The summed E-state index contributed by atoms with van der Waals surface area (Å²) < 4.78 is 25.6. The lowest BCUT2D eigenvalue weighted by Gasteiger charge is -2.27. The highest BCUT2D eigenvalue weighted by Gasteiger charge is 2.09. The molecular weight excluding hydrogens is 210 g/mol. The van der Waals surface area contributed by atoms with Crippen LogP contribution in [0.2, 0.25) is 0 Å². The van der Waals surface area contributed by atoms with Crippen molar-refractivity contribution >= 4 is 0 Å². The number of nitrogens with zero attached hydrogens (tertiary/aromatic N) is 1. The Kier molecular flexibility index (Phi) is 3.85. The fraction of sp³-hybridized carbons (Fsp3) is 0.500. The predicted octanol–water partition coefficient (Wildman–Crippen LogP) is 2.46. The zero-order valence-electron chi connectivity index (χ0n) is 9.18. The third-order valence-electron chi connectivity index (χ3n) is 2.85. The first kappa shape index (κ1) is 11.5. The van der Waals surface area contributed by atoms with Crippen LogP contribution in [0.5, 0.6) is 0 Å². The van der Waals surface area contributed by atoms with E-state index in [1.54, 1.807) is 6.07 Å². The van der Waals surface area contributed by atoms with Gasteiger partial charge in [0.25, 0.3) is 0 Å². The van der Waals surface area contributed by atoms with Gasteiger partial charge in [-0.3, -0.25) is 5.43 Å². The van der Waals surface area contributed by atoms with Gasteiger partial charge in [0.1, 0.15) is 0 Å². The first-order valence-corrected chi connectivity index (χ1v) is 5.68. The molecule has 0 saturated carbocycles. The van der Waals surface area contributed by atoms with Crippen LogP contribution in [0.4, 0.5) is 8.78 Å². The number of nitrogens with one attached hydrogen (secondary N) is 1. The van der Waals surface area contributed by atoms with Crippen LogP contribution in [0.3, 0.4) is 0 Å². The van der Waals surface area contributed by atoms with Crippen LogP contribution in [0, 0.1) is 11.6 Å². The van der Waals surface area contributed by atoms with Crippen LogP contribution < -0.4 is 5.43 Å². The second-order valence-corrected chi connectivity index (χ2v) is 4.13. The van der Waals surface area contributed by atoms with Crippen LogP contribution in [0.25, 0.3) is 0 Å². The van der Waals surface area contributed by atoms with Crippen LogP contribution in [-0.4, -0.2) is 18.1 Å². The van der Waals surface area contributed by atoms with Gasteiger partial charge in [0.05, 0.1) is 0 Å². The molecule has 0 aromatic heterocycles. The summed E-state index contributed by atoms with van der Waals surface area (Å²) in [6, 6.07) is 4.02. The average molecular weight is 226 g/mol. The van der Waals surface area contributed by atoms with E-state index < -0.39 is 11.6 Å². The monoisotopic (exact) mass is 226 g/mol. The molecule has 0 amide bonds. The standard InChI is InChI=1S/C12H16F2N2/c13-11-5-4-10(8-12(11)14)9-15-16-6-2-1-3-7-16/h4-5,8,15H,1-3,6-7,9H2. The van der Waals surface area contributed by atoms with Gasteiger partial charge in [0.2, 0.25) is 0 Å². The molecule has 0 atom stereocenters. The largest absolute Gasteiger partial charge is 0.251 e. The van der Waals surface area contributed by atoms with E-state index in [2.05, 4.69) is 10.4 Å². The molecule has 88 valence electrons. The number of piperidine rings is 1. The van der Waals surface area contributed by atoms with E-state index in [4.69, 9.17) is 0 Å². The summed E-state index contributed by atoms with van der Waals surface area (Å²) in [4.78, 5) is 0. The maximum Gasteiger partial charge on any atom is 0.159 e. The minimum Gasteiger partial charge on any atom is -0.251 e. The van der Waals surface area contributed by atoms with Crippen molar-refractivity contribution < 1.29 is 8.78 Å². The van der Waals surface area contributed by atoms with Gasteiger partial charge in [-0.25, -0.2) is 13.8 Å². The van der Waals surface area contributed by atoms with Gasteiger partial charge in [-0.1, -0.05) is 12.5 Å². The topological polar surface area (TPSA) is 15.3 Å². The summed E-state index contributed by atoms with van der Waals surface area (Å²) >= 11 is 0. The molecule has 1 fully saturated rings. The van der Waals surface area contributed by atoms with Crippen LogP contribution in [0.15, 0.2) is 18.2 Å². The molecule has 0 radical (unpaired) electrons. The Morgan fingerprint density at radius 1 is 1.06 bits per heavy atom. The molecule has 4 heteroatoms. The van der Waals surface area contributed by atoms with Crippen molar-refractivity contribution in [1.82, 2.24) is 10.4 Å². The first-order valence-electron chi connectivity index (χ1n) is 5.68. The lowest BCUT2D eigenvalue weighted by atomic mass is 10.2. The zero-order valence-corrected chi connectivity index (χ0v) is 9.18. The number of hydrazine groups is 1. The molecule has 1 aromatic carbocycles. The number of hydrogen-bond donors (Lipinski definition) is 1. The zero-order chi connectivity index (χ0) is 11.4. The third kappa shape index (κ3) is 3.00. The van der Waals surface area contributed by atoms with Crippen LogP contribution >= 0.6 is 0 Å². The fourth-order valence-corrected chi connectivity index (χ4v) is 1.90. The normalized spacial score (nSPS) is 17.6. The molecule has 0 spiro atoms. The number of halogens is 2. The third-order valence-corrected chi connectivity index (χ3v) is 2.85. The maximum absolute atomic E-state index is 12.9. The highest BCUT2D eigenvalue weighted by Crippen LogP contribution is 2.10. The van der Waals surface area contributed by atoms with Gasteiger partial charge in [-0.05, 0) is 30.5 Å². The molecule has 1 heterocycles. The summed E-state index contributed by atoms with van der Waals surface area (Å²) in [7, 11) is 0. The Hall–Kier alpha value is -1.00. The molecular formula is C12H16F2N2. The molecule has 1 saturated heterocycles. The lowest BCUT2D eigenvalue weighted by Crippen LogP contribution is -2.41. The summed E-state index contributed by atoms with van der Waals surface area (Å²) in [6.45, 7) is 2.62. The van der Waals surface area contributed by atoms with Crippen LogP contribution in [0.1, 0.15) is 24.8 Å². The average Bonchev–Trinajstić information content (AvgIpc) is 2.32. The Morgan fingerprint density at radius 2 is 1.81 bits per heavy atom. The van der Waals surface area contributed by atoms with Crippen molar-refractivity contribution in [1.29, 1.82) is 0 Å². The summed E-state index contributed by atoms with van der Waals surface area (Å²) in [5, 5.41) is 2.14. The lowest BCUT2D eigenvalue weighted by molar-refractivity contribution is 0.151. The highest BCUT2D eigenvalue weighted by atomic mass is 19.2. The van der Waals surface area contributed by atoms with Crippen molar-refractivity contribution in [3.63, 3.8) is 0 Å². The maximum atomic E-state index is 12.9. The molecule has 1 aliphatic rings. The molecule has 1 aliphatic heterocycles. The molecule has 0 bridgehead atoms. The van der Waals surface area contributed by atoms with Gasteiger partial charge < -0.3 is 0 Å². The SMILES string of the molecule is Fc1ccc(CNN2CCCCC2)cc1F. The number of hydrogen-bond acceptors (Lipinski definition) is 2. The molecule has 1 aromatic rings. The molecule has 2 nitrogen and oxygen atoms in total. The van der Waals surface area contributed by atoms with Crippen LogP contribution in [-0.2, 0) is 6.54 Å². The van der Waals surface area contributed by atoms with E-state index >= 15 is 0 Å². The fourth-order valence-electron chi connectivity index (χ4n) is 1.90.